The van der Waals surface area contributed by atoms with Gasteiger partial charge in [-0.2, -0.15) is 0 Å². The maximum Gasteiger partial charge on any atom is 1.00 e. The number of nitrogens with zero attached hydrogens (tertiary/aromatic N) is 2. The summed E-state index contributed by atoms with van der Waals surface area (Å²) in [5.74, 6) is -1.78. The molecule has 282 valence electrons. The van der Waals surface area contributed by atoms with Crippen molar-refractivity contribution in [3.63, 3.8) is 0 Å². The van der Waals surface area contributed by atoms with Crippen molar-refractivity contribution in [2.24, 2.45) is 5.92 Å². The number of carbonyl (C=O) groups is 5. The van der Waals surface area contributed by atoms with Crippen molar-refractivity contribution in [2.45, 2.75) is 89.9 Å². The monoisotopic (exact) mass is 749 g/mol. The van der Waals surface area contributed by atoms with E-state index in [-0.39, 0.29) is 48.4 Å². The maximum absolute atomic E-state index is 14.6. The van der Waals surface area contributed by atoms with E-state index in [1.54, 1.807) is 47.4 Å². The zero-order valence-corrected chi connectivity index (χ0v) is 33.9. The molecule has 2 aliphatic rings. The molecule has 0 aromatic heterocycles. The van der Waals surface area contributed by atoms with Crippen molar-refractivity contribution in [3.8, 4) is 11.5 Å². The molecule has 2 atom stereocenters. The topological polar surface area (TPSA) is 169 Å². The van der Waals surface area contributed by atoms with Crippen LogP contribution < -0.4 is 60.1 Å². The van der Waals surface area contributed by atoms with E-state index < -0.39 is 53.9 Å². The Morgan fingerprint density at radius 1 is 0.889 bits per heavy atom. The quantitative estimate of drug-likeness (QED) is 0.167. The van der Waals surface area contributed by atoms with Crippen LogP contribution in [-0.4, -0.2) is 65.4 Å². The number of aryl methyl sites for hydroxylation is 1. The van der Waals surface area contributed by atoms with E-state index in [1.807, 2.05) is 45.0 Å². The summed E-state index contributed by atoms with van der Waals surface area (Å²) in [6.45, 7) is 5.80. The molecule has 1 heterocycles. The number of rotatable bonds is 14. The summed E-state index contributed by atoms with van der Waals surface area (Å²) < 4.78 is 10.7. The van der Waals surface area contributed by atoms with Crippen LogP contribution in [0.1, 0.15) is 81.5 Å². The van der Waals surface area contributed by atoms with Gasteiger partial charge in [0, 0.05) is 30.3 Å². The fourth-order valence-corrected chi connectivity index (χ4v) is 7.26. The first kappa shape index (κ1) is 42.2. The number of para-hydroxylation sites is 1. The molecule has 0 radical (unpaired) electrons. The summed E-state index contributed by atoms with van der Waals surface area (Å²) in [7, 11) is 2.92. The van der Waals surface area contributed by atoms with E-state index in [0.29, 0.717) is 41.3 Å². The molecule has 1 saturated heterocycles. The normalized spacial score (nSPS) is 16.0. The van der Waals surface area contributed by atoms with Crippen molar-refractivity contribution in [3.05, 3.63) is 83.4 Å². The summed E-state index contributed by atoms with van der Waals surface area (Å²) >= 11 is 0. The van der Waals surface area contributed by atoms with Gasteiger partial charge in [0.2, 0.25) is 5.91 Å². The molecule has 1 spiro atoms. The Bertz CT molecular complexity index is 1830. The van der Waals surface area contributed by atoms with Crippen LogP contribution in [0.2, 0.25) is 0 Å². The van der Waals surface area contributed by atoms with Crippen molar-refractivity contribution in [2.75, 3.05) is 24.9 Å². The minimum Gasteiger partial charge on any atom is -0.550 e. The van der Waals surface area contributed by atoms with Gasteiger partial charge in [-0.25, -0.2) is 14.5 Å². The maximum atomic E-state index is 14.6. The van der Waals surface area contributed by atoms with Crippen molar-refractivity contribution in [1.29, 1.82) is 0 Å². The van der Waals surface area contributed by atoms with Crippen LogP contribution in [0.4, 0.5) is 21.0 Å². The smallest absolute Gasteiger partial charge is 0.550 e. The second-order valence-corrected chi connectivity index (χ2v) is 14.1. The third-order valence-electron chi connectivity index (χ3n) is 10.0. The summed E-state index contributed by atoms with van der Waals surface area (Å²) in [6.07, 6.45) is 2.96. The summed E-state index contributed by atoms with van der Waals surface area (Å²) in [5.41, 5.74) is 2.22. The van der Waals surface area contributed by atoms with Gasteiger partial charge in [-0.05, 0) is 79.1 Å². The van der Waals surface area contributed by atoms with E-state index in [1.165, 1.54) is 14.2 Å². The van der Waals surface area contributed by atoms with E-state index in [4.69, 9.17) is 9.47 Å². The predicted molar refractivity (Wildman–Crippen MR) is 197 cm³/mol. The first-order valence-electron chi connectivity index (χ1n) is 18.0. The zero-order valence-electron chi connectivity index (χ0n) is 31.9. The average molecular weight is 750 g/mol. The van der Waals surface area contributed by atoms with Gasteiger partial charge in [0.05, 0.1) is 20.3 Å². The Balaban J connectivity index is 0.00000650. The molecule has 6 amide bonds. The van der Waals surface area contributed by atoms with Gasteiger partial charge in [-0.1, -0.05) is 69.5 Å². The molecule has 5 rings (SSSR count). The van der Waals surface area contributed by atoms with Gasteiger partial charge in [0.25, 0.3) is 5.91 Å². The Morgan fingerprint density at radius 2 is 1.56 bits per heavy atom. The number of carboxylic acid groups (broad SMARTS) is 1. The van der Waals surface area contributed by atoms with Crippen LogP contribution in [0.15, 0.2) is 66.7 Å². The third kappa shape index (κ3) is 9.55. The largest absolute Gasteiger partial charge is 1.00 e. The molecule has 1 saturated carbocycles. The van der Waals surface area contributed by atoms with E-state index in [9.17, 15) is 29.1 Å². The minimum atomic E-state index is -1.39. The van der Waals surface area contributed by atoms with E-state index in [2.05, 4.69) is 16.0 Å². The SMILES string of the molecule is COc1ccc(C(CC(=O)[O-])NC(=O)C(CC(C)C)N2C(=O)N(Cc3ccc(NC(=O)Nc4ccccc4C)cc3)C3(CCCCC3)C2=O)cc1OC.[Na+]. The van der Waals surface area contributed by atoms with E-state index >= 15 is 0 Å². The molecule has 14 heteroatoms. The van der Waals surface area contributed by atoms with Gasteiger partial charge < -0.3 is 40.2 Å². The van der Waals surface area contributed by atoms with Gasteiger partial charge in [0.15, 0.2) is 11.5 Å². The Hall–Kier alpha value is -4.59. The third-order valence-corrected chi connectivity index (χ3v) is 10.0. The number of aliphatic carboxylic acids is 1. The van der Waals surface area contributed by atoms with Crippen LogP contribution in [0, 0.1) is 12.8 Å². The van der Waals surface area contributed by atoms with Crippen LogP contribution in [0.3, 0.4) is 0 Å². The number of amides is 6. The number of imide groups is 1. The predicted octanol–water partition coefficient (Wildman–Crippen LogP) is 2.54. The Morgan fingerprint density at radius 3 is 2.17 bits per heavy atom. The van der Waals surface area contributed by atoms with Crippen molar-refractivity contribution in [1.82, 2.24) is 15.1 Å². The van der Waals surface area contributed by atoms with Crippen LogP contribution in [-0.2, 0) is 20.9 Å². The van der Waals surface area contributed by atoms with Crippen molar-refractivity contribution >= 4 is 41.2 Å². The average Bonchev–Trinajstić information content (AvgIpc) is 3.32. The number of carboxylic acids is 1. The second-order valence-electron chi connectivity index (χ2n) is 14.1. The van der Waals surface area contributed by atoms with Crippen LogP contribution >= 0.6 is 0 Å². The fourth-order valence-electron chi connectivity index (χ4n) is 7.26. The zero-order chi connectivity index (χ0) is 38.3. The number of nitrogens with one attached hydrogen (secondary N) is 3. The fraction of sp³-hybridized carbons (Fsp3) is 0.425. The molecule has 1 aliphatic heterocycles. The molecule has 1 aliphatic carbocycles. The number of hydrogen-bond acceptors (Lipinski definition) is 8. The van der Waals surface area contributed by atoms with Gasteiger partial charge in [-0.3, -0.25) is 9.59 Å². The molecule has 2 fully saturated rings. The standard InChI is InChI=1S/C40H49N5O8.Na/c1-25(2)21-32(36(48)42-31(23-35(46)47)28-15-18-33(52-4)34(22-28)53-5)45-37(49)40(19-9-6-10-20-40)44(39(45)51)24-27-13-16-29(17-14-27)41-38(50)43-30-12-8-7-11-26(30)3;/h7-8,11-18,22,25,31-32H,6,9-10,19-21,23-24H2,1-5H3,(H,42,48)(H,46,47)(H2,41,43,50);/q;+1/p-1. The minimum absolute atomic E-state index is 0. The van der Waals surface area contributed by atoms with Crippen LogP contribution in [0.25, 0.3) is 0 Å². The molecule has 54 heavy (non-hydrogen) atoms. The van der Waals surface area contributed by atoms with Crippen molar-refractivity contribution < 1.29 is 68.1 Å². The first-order chi connectivity index (χ1) is 25.4. The molecule has 3 aromatic carbocycles. The second kappa shape index (κ2) is 18.6. The first-order valence-corrected chi connectivity index (χ1v) is 18.0. The number of urea groups is 2. The number of benzene rings is 3. The summed E-state index contributed by atoms with van der Waals surface area (Å²) in [6, 6.07) is 16.1. The summed E-state index contributed by atoms with van der Waals surface area (Å²) in [4.78, 5) is 70.5. The molecule has 0 bridgehead atoms. The Labute approximate surface area is 338 Å². The molecule has 3 N–H and O–H groups in total. The number of carbonyl (C=O) groups excluding carboxylic acids is 5. The van der Waals surface area contributed by atoms with Crippen LogP contribution in [0.5, 0.6) is 11.5 Å². The number of ether oxygens (including phenoxy) is 2. The number of hydrogen-bond donors (Lipinski definition) is 3. The molecular formula is C40H48N5NaO8. The van der Waals surface area contributed by atoms with Gasteiger partial charge in [-0.15, -0.1) is 0 Å². The molecule has 3 aromatic rings. The number of anilines is 2. The molecule has 2 unspecified atom stereocenters. The summed E-state index contributed by atoms with van der Waals surface area (Å²) in [5, 5.41) is 20.3. The number of methoxy groups -OCH3 is 2. The molecular weight excluding hydrogens is 701 g/mol. The van der Waals surface area contributed by atoms with Gasteiger partial charge in [0.1, 0.15) is 11.6 Å². The Kier molecular flexibility index (Phi) is 14.5. The molecule has 13 nitrogen and oxygen atoms in total. The van der Waals surface area contributed by atoms with E-state index in [0.717, 1.165) is 35.3 Å². The van der Waals surface area contributed by atoms with Gasteiger partial charge >= 0.3 is 41.6 Å².